The molecule has 3 aromatic carbocycles. The molecule has 42 heavy (non-hydrogen) atoms. The first-order valence-corrected chi connectivity index (χ1v) is 15.2. The van der Waals surface area contributed by atoms with Gasteiger partial charge in [0.25, 0.3) is 5.91 Å². The Bertz CT molecular complexity index is 1340. The SMILES string of the molecule is COc1ccc(CNC(=O)c2ccc(CN(C(=O)C(C)(C)C)C3CCN(Cc4ccc(Br)cc4)CC3)cc2)cc1OC. The molecule has 0 spiro atoms. The number of carbonyl (C=O) groups is 2. The first kappa shape index (κ1) is 31.6. The van der Waals surface area contributed by atoms with Crippen molar-refractivity contribution in [1.82, 2.24) is 15.1 Å². The molecule has 0 bridgehead atoms. The van der Waals surface area contributed by atoms with Crippen molar-refractivity contribution in [2.45, 2.75) is 59.3 Å². The second-order valence-electron chi connectivity index (χ2n) is 11.9. The van der Waals surface area contributed by atoms with E-state index in [0.717, 1.165) is 48.1 Å². The van der Waals surface area contributed by atoms with Crippen LogP contribution >= 0.6 is 15.9 Å². The van der Waals surface area contributed by atoms with Crippen LogP contribution in [0.15, 0.2) is 71.2 Å². The third kappa shape index (κ3) is 8.35. The number of carbonyl (C=O) groups excluding carboxylic acids is 2. The molecule has 0 atom stereocenters. The van der Waals surface area contributed by atoms with Crippen LogP contribution in [-0.2, 0) is 24.4 Å². The number of nitrogens with one attached hydrogen (secondary N) is 1. The molecule has 0 unspecified atom stereocenters. The summed E-state index contributed by atoms with van der Waals surface area (Å²) in [5, 5.41) is 2.97. The summed E-state index contributed by atoms with van der Waals surface area (Å²) in [6.45, 7) is 9.67. The summed E-state index contributed by atoms with van der Waals surface area (Å²) in [6.07, 6.45) is 1.88. The van der Waals surface area contributed by atoms with Crippen molar-refractivity contribution in [3.8, 4) is 11.5 Å². The van der Waals surface area contributed by atoms with Gasteiger partial charge in [0, 0.05) is 54.2 Å². The first-order chi connectivity index (χ1) is 20.1. The van der Waals surface area contributed by atoms with Gasteiger partial charge in [0.2, 0.25) is 5.91 Å². The largest absolute Gasteiger partial charge is 0.493 e. The van der Waals surface area contributed by atoms with Gasteiger partial charge in [-0.2, -0.15) is 0 Å². The van der Waals surface area contributed by atoms with Crippen LogP contribution in [-0.4, -0.2) is 55.0 Å². The molecule has 1 aliphatic rings. The van der Waals surface area contributed by atoms with Gasteiger partial charge in [0.1, 0.15) is 0 Å². The molecule has 0 aliphatic carbocycles. The number of piperidine rings is 1. The Morgan fingerprint density at radius 2 is 1.48 bits per heavy atom. The second-order valence-corrected chi connectivity index (χ2v) is 12.8. The summed E-state index contributed by atoms with van der Waals surface area (Å²) in [7, 11) is 3.18. The molecule has 1 aliphatic heterocycles. The molecule has 1 saturated heterocycles. The highest BCUT2D eigenvalue weighted by Gasteiger charge is 2.34. The van der Waals surface area contributed by atoms with Crippen LogP contribution in [0.5, 0.6) is 11.5 Å². The van der Waals surface area contributed by atoms with Gasteiger partial charge < -0.3 is 19.7 Å². The lowest BCUT2D eigenvalue weighted by Gasteiger charge is -2.41. The molecule has 1 heterocycles. The molecular formula is C34H42BrN3O4. The summed E-state index contributed by atoms with van der Waals surface area (Å²) in [5.41, 5.74) is 3.33. The van der Waals surface area contributed by atoms with Gasteiger partial charge in [-0.05, 0) is 65.9 Å². The molecule has 1 fully saturated rings. The Labute approximate surface area is 258 Å². The minimum atomic E-state index is -0.474. The Balaban J connectivity index is 1.37. The van der Waals surface area contributed by atoms with Gasteiger partial charge in [0.05, 0.1) is 14.2 Å². The van der Waals surface area contributed by atoms with Crippen LogP contribution in [0.4, 0.5) is 0 Å². The van der Waals surface area contributed by atoms with Gasteiger partial charge in [-0.25, -0.2) is 0 Å². The van der Waals surface area contributed by atoms with Gasteiger partial charge in [-0.3, -0.25) is 14.5 Å². The highest BCUT2D eigenvalue weighted by molar-refractivity contribution is 9.10. The maximum Gasteiger partial charge on any atom is 0.251 e. The van der Waals surface area contributed by atoms with E-state index in [-0.39, 0.29) is 17.9 Å². The van der Waals surface area contributed by atoms with Crippen molar-refractivity contribution in [2.75, 3.05) is 27.3 Å². The number of amides is 2. The number of halogens is 1. The van der Waals surface area contributed by atoms with Gasteiger partial charge in [0.15, 0.2) is 11.5 Å². The Hall–Kier alpha value is -3.36. The second kappa shape index (κ2) is 14.2. The quantitative estimate of drug-likeness (QED) is 0.278. The summed E-state index contributed by atoms with van der Waals surface area (Å²) < 4.78 is 11.7. The molecular weight excluding hydrogens is 594 g/mol. The van der Waals surface area contributed by atoms with Gasteiger partial charge >= 0.3 is 0 Å². The lowest BCUT2D eigenvalue weighted by atomic mass is 9.91. The minimum absolute atomic E-state index is 0.155. The molecule has 4 rings (SSSR count). The summed E-state index contributed by atoms with van der Waals surface area (Å²) in [5.74, 6) is 1.27. The Morgan fingerprint density at radius 3 is 2.07 bits per heavy atom. The van der Waals surface area contributed by atoms with Crippen molar-refractivity contribution >= 4 is 27.7 Å². The predicted octanol–water partition coefficient (Wildman–Crippen LogP) is 6.44. The Morgan fingerprint density at radius 1 is 0.881 bits per heavy atom. The molecule has 1 N–H and O–H groups in total. The molecule has 2 amide bonds. The van der Waals surface area contributed by atoms with E-state index < -0.39 is 5.41 Å². The molecule has 0 radical (unpaired) electrons. The van der Waals surface area contributed by atoms with Crippen molar-refractivity contribution < 1.29 is 19.1 Å². The maximum atomic E-state index is 13.6. The highest BCUT2D eigenvalue weighted by atomic mass is 79.9. The Kier molecular flexibility index (Phi) is 10.7. The number of hydrogen-bond donors (Lipinski definition) is 1. The van der Waals surface area contributed by atoms with Gasteiger partial charge in [-0.15, -0.1) is 0 Å². The van der Waals surface area contributed by atoms with Crippen LogP contribution in [0, 0.1) is 5.41 Å². The molecule has 3 aromatic rings. The third-order valence-electron chi connectivity index (χ3n) is 7.69. The van der Waals surface area contributed by atoms with E-state index >= 15 is 0 Å². The lowest BCUT2D eigenvalue weighted by Crippen LogP contribution is -2.50. The zero-order chi connectivity index (χ0) is 30.3. The number of rotatable bonds is 10. The van der Waals surface area contributed by atoms with E-state index in [0.29, 0.717) is 30.2 Å². The smallest absolute Gasteiger partial charge is 0.251 e. The first-order valence-electron chi connectivity index (χ1n) is 14.4. The molecule has 8 heteroatoms. The van der Waals surface area contributed by atoms with Crippen molar-refractivity contribution in [3.05, 3.63) is 93.5 Å². The maximum absolute atomic E-state index is 13.6. The summed E-state index contributed by atoms with van der Waals surface area (Å²) in [6, 6.07) is 21.8. The van der Waals surface area contributed by atoms with Crippen LogP contribution in [0.25, 0.3) is 0 Å². The zero-order valence-corrected chi connectivity index (χ0v) is 26.9. The molecule has 7 nitrogen and oxygen atoms in total. The van der Waals surface area contributed by atoms with Gasteiger partial charge in [-0.1, -0.05) is 67.0 Å². The monoisotopic (exact) mass is 635 g/mol. The van der Waals surface area contributed by atoms with E-state index in [9.17, 15) is 9.59 Å². The normalized spacial score (nSPS) is 14.3. The van der Waals surface area contributed by atoms with E-state index in [2.05, 4.69) is 55.3 Å². The molecule has 0 aromatic heterocycles. The highest BCUT2D eigenvalue weighted by Crippen LogP contribution is 2.28. The fraction of sp³-hybridized carbons (Fsp3) is 0.412. The van der Waals surface area contributed by atoms with Crippen molar-refractivity contribution in [3.63, 3.8) is 0 Å². The number of hydrogen-bond acceptors (Lipinski definition) is 5. The number of ether oxygens (including phenoxy) is 2. The van der Waals surface area contributed by atoms with Crippen molar-refractivity contribution in [1.29, 1.82) is 0 Å². The van der Waals surface area contributed by atoms with E-state index in [4.69, 9.17) is 9.47 Å². The van der Waals surface area contributed by atoms with Crippen molar-refractivity contribution in [2.24, 2.45) is 5.41 Å². The summed E-state index contributed by atoms with van der Waals surface area (Å²) in [4.78, 5) is 31.0. The standard InChI is InChI=1S/C34H42BrN3O4/c1-34(2,3)33(40)38(29-16-18-37(19-17-29)22-24-8-13-28(35)14-9-24)23-25-6-11-27(12-7-25)32(39)36-21-26-10-15-30(41-4)31(20-26)42-5/h6-15,20,29H,16-19,21-23H2,1-5H3,(H,36,39). The van der Waals surface area contributed by atoms with Crippen LogP contribution in [0.3, 0.4) is 0 Å². The molecule has 0 saturated carbocycles. The molecule has 224 valence electrons. The average Bonchev–Trinajstić information content (AvgIpc) is 2.99. The summed E-state index contributed by atoms with van der Waals surface area (Å²) >= 11 is 3.51. The topological polar surface area (TPSA) is 71.1 Å². The number of methoxy groups -OCH3 is 2. The van der Waals surface area contributed by atoms with Crippen LogP contribution < -0.4 is 14.8 Å². The average molecular weight is 637 g/mol. The van der Waals surface area contributed by atoms with E-state index in [1.807, 2.05) is 63.2 Å². The zero-order valence-electron chi connectivity index (χ0n) is 25.3. The van der Waals surface area contributed by atoms with Crippen LogP contribution in [0.2, 0.25) is 0 Å². The predicted molar refractivity (Wildman–Crippen MR) is 170 cm³/mol. The fourth-order valence-electron chi connectivity index (χ4n) is 5.27. The number of nitrogens with zero attached hydrogens (tertiary/aromatic N) is 2. The fourth-order valence-corrected chi connectivity index (χ4v) is 5.53. The lowest BCUT2D eigenvalue weighted by molar-refractivity contribution is -0.143. The van der Waals surface area contributed by atoms with E-state index in [1.165, 1.54) is 5.56 Å². The number of benzene rings is 3. The minimum Gasteiger partial charge on any atom is -0.493 e. The van der Waals surface area contributed by atoms with Crippen LogP contribution in [0.1, 0.15) is 60.7 Å². The number of likely N-dealkylation sites (tertiary alicyclic amines) is 1. The van der Waals surface area contributed by atoms with E-state index in [1.54, 1.807) is 14.2 Å². The third-order valence-corrected chi connectivity index (χ3v) is 8.22.